The zero-order chi connectivity index (χ0) is 13.2. The van der Waals surface area contributed by atoms with Crippen LogP contribution in [0.2, 0.25) is 0 Å². The fraction of sp³-hybridized carbons (Fsp3) is 1.00. The number of likely N-dealkylation sites (N-methyl/N-ethyl adjacent to an activating group) is 1. The molecule has 0 bridgehead atoms. The van der Waals surface area contributed by atoms with Crippen LogP contribution in [0.3, 0.4) is 0 Å². The van der Waals surface area contributed by atoms with E-state index in [2.05, 4.69) is 17.3 Å². The lowest BCUT2D eigenvalue weighted by Gasteiger charge is -2.18. The van der Waals surface area contributed by atoms with Gasteiger partial charge in [0.15, 0.2) is 0 Å². The number of nitrogens with one attached hydrogen (secondary N) is 1. The van der Waals surface area contributed by atoms with Gasteiger partial charge in [-0.2, -0.15) is 0 Å². The summed E-state index contributed by atoms with van der Waals surface area (Å²) in [7, 11) is 3.82. The van der Waals surface area contributed by atoms with Crippen molar-refractivity contribution < 1.29 is 9.84 Å². The largest absolute Gasteiger partial charge is 0.392 e. The maximum Gasteiger partial charge on any atom is 0.0667 e. The lowest BCUT2D eigenvalue weighted by Crippen LogP contribution is -2.35. The summed E-state index contributed by atoms with van der Waals surface area (Å²) in [6.07, 6.45) is 6.15. The molecular formula is C14H30N2O2. The Morgan fingerprint density at radius 2 is 2.06 bits per heavy atom. The standard InChI is InChI=1S/C14H30N2O2/c1-16(9-10-18-2)8-7-15-12-14(17)11-13-5-3-4-6-13/h13-15,17H,3-12H2,1-2H3. The van der Waals surface area contributed by atoms with Crippen LogP contribution < -0.4 is 5.32 Å². The molecule has 1 aliphatic rings. The van der Waals surface area contributed by atoms with Crippen LogP contribution in [0.4, 0.5) is 0 Å². The molecule has 1 unspecified atom stereocenters. The molecule has 0 amide bonds. The number of aliphatic hydroxyl groups excluding tert-OH is 1. The first-order chi connectivity index (χ1) is 8.72. The van der Waals surface area contributed by atoms with Gasteiger partial charge in [0.05, 0.1) is 12.7 Å². The highest BCUT2D eigenvalue weighted by Gasteiger charge is 2.18. The second-order valence-electron chi connectivity index (χ2n) is 5.54. The summed E-state index contributed by atoms with van der Waals surface area (Å²) in [5, 5.41) is 13.3. The van der Waals surface area contributed by atoms with Crippen molar-refractivity contribution >= 4 is 0 Å². The number of nitrogens with zero attached hydrogens (tertiary/aromatic N) is 1. The van der Waals surface area contributed by atoms with Gasteiger partial charge >= 0.3 is 0 Å². The van der Waals surface area contributed by atoms with E-state index >= 15 is 0 Å². The maximum atomic E-state index is 9.92. The predicted octanol–water partition coefficient (Wildman–Crippen LogP) is 1.10. The van der Waals surface area contributed by atoms with E-state index in [9.17, 15) is 5.11 Å². The highest BCUT2D eigenvalue weighted by molar-refractivity contribution is 4.72. The smallest absolute Gasteiger partial charge is 0.0667 e. The van der Waals surface area contributed by atoms with Gasteiger partial charge in [-0.15, -0.1) is 0 Å². The average molecular weight is 258 g/mol. The third-order valence-corrected chi connectivity index (χ3v) is 3.81. The first-order valence-electron chi connectivity index (χ1n) is 7.28. The van der Waals surface area contributed by atoms with E-state index in [0.717, 1.165) is 45.1 Å². The molecular weight excluding hydrogens is 228 g/mol. The molecule has 0 aliphatic heterocycles. The van der Waals surface area contributed by atoms with Crippen LogP contribution in [0.15, 0.2) is 0 Å². The fourth-order valence-corrected chi connectivity index (χ4v) is 2.61. The summed E-state index contributed by atoms with van der Waals surface area (Å²) in [5.41, 5.74) is 0. The van der Waals surface area contributed by atoms with Crippen molar-refractivity contribution in [2.24, 2.45) is 5.92 Å². The van der Waals surface area contributed by atoms with Crippen LogP contribution in [-0.2, 0) is 4.74 Å². The first-order valence-corrected chi connectivity index (χ1v) is 7.28. The summed E-state index contributed by atoms with van der Waals surface area (Å²) < 4.78 is 5.03. The van der Waals surface area contributed by atoms with E-state index in [0.29, 0.717) is 0 Å². The van der Waals surface area contributed by atoms with Gasteiger partial charge in [0, 0.05) is 33.3 Å². The molecule has 0 spiro atoms. The van der Waals surface area contributed by atoms with Crippen LogP contribution >= 0.6 is 0 Å². The molecule has 1 saturated carbocycles. The van der Waals surface area contributed by atoms with Gasteiger partial charge in [0.25, 0.3) is 0 Å². The van der Waals surface area contributed by atoms with Crippen molar-refractivity contribution in [1.82, 2.24) is 10.2 Å². The van der Waals surface area contributed by atoms with E-state index in [1.807, 2.05) is 0 Å². The number of hydrogen-bond acceptors (Lipinski definition) is 4. The molecule has 108 valence electrons. The van der Waals surface area contributed by atoms with Crippen LogP contribution in [0, 0.1) is 5.92 Å². The van der Waals surface area contributed by atoms with Crippen molar-refractivity contribution in [3.05, 3.63) is 0 Å². The Balaban J connectivity index is 1.92. The van der Waals surface area contributed by atoms with E-state index < -0.39 is 0 Å². The number of aliphatic hydroxyl groups is 1. The Morgan fingerprint density at radius 3 is 2.72 bits per heavy atom. The highest BCUT2D eigenvalue weighted by atomic mass is 16.5. The Labute approximate surface area is 112 Å². The molecule has 0 heterocycles. The van der Waals surface area contributed by atoms with Crippen molar-refractivity contribution in [1.29, 1.82) is 0 Å². The SMILES string of the molecule is COCCN(C)CCNCC(O)CC1CCCC1. The van der Waals surface area contributed by atoms with Gasteiger partial charge in [-0.25, -0.2) is 0 Å². The van der Waals surface area contributed by atoms with Gasteiger partial charge in [-0.3, -0.25) is 0 Å². The highest BCUT2D eigenvalue weighted by Crippen LogP contribution is 2.28. The van der Waals surface area contributed by atoms with Crippen LogP contribution in [0.5, 0.6) is 0 Å². The second kappa shape index (κ2) is 9.73. The molecule has 4 heteroatoms. The van der Waals surface area contributed by atoms with E-state index in [-0.39, 0.29) is 6.10 Å². The lowest BCUT2D eigenvalue weighted by atomic mass is 10.0. The summed E-state index contributed by atoms with van der Waals surface area (Å²) in [6.45, 7) is 4.40. The second-order valence-corrected chi connectivity index (χ2v) is 5.54. The van der Waals surface area contributed by atoms with Gasteiger partial charge in [-0.05, 0) is 19.4 Å². The van der Waals surface area contributed by atoms with Gasteiger partial charge < -0.3 is 20.1 Å². The van der Waals surface area contributed by atoms with Crippen LogP contribution in [0.25, 0.3) is 0 Å². The first kappa shape index (κ1) is 15.9. The Bertz CT molecular complexity index is 196. The number of methoxy groups -OCH3 is 1. The quantitative estimate of drug-likeness (QED) is 0.576. The lowest BCUT2D eigenvalue weighted by molar-refractivity contribution is 0.137. The minimum absolute atomic E-state index is 0.169. The van der Waals surface area contributed by atoms with E-state index in [1.54, 1.807) is 7.11 Å². The van der Waals surface area contributed by atoms with E-state index in [1.165, 1.54) is 25.7 Å². The maximum absolute atomic E-state index is 9.92. The number of hydrogen-bond donors (Lipinski definition) is 2. The fourth-order valence-electron chi connectivity index (χ4n) is 2.61. The van der Waals surface area contributed by atoms with Crippen LogP contribution in [-0.4, -0.2) is 63.1 Å². The Kier molecular flexibility index (Phi) is 8.59. The molecule has 2 N–H and O–H groups in total. The van der Waals surface area contributed by atoms with Crippen molar-refractivity contribution in [2.45, 2.75) is 38.2 Å². The molecule has 1 aliphatic carbocycles. The summed E-state index contributed by atoms with van der Waals surface area (Å²) in [5.74, 6) is 0.770. The summed E-state index contributed by atoms with van der Waals surface area (Å²) in [4.78, 5) is 2.24. The molecule has 1 fully saturated rings. The molecule has 0 aromatic rings. The van der Waals surface area contributed by atoms with Crippen molar-refractivity contribution in [3.63, 3.8) is 0 Å². The zero-order valence-electron chi connectivity index (χ0n) is 12.0. The molecule has 1 atom stereocenters. The molecule has 4 nitrogen and oxygen atoms in total. The third-order valence-electron chi connectivity index (χ3n) is 3.81. The minimum Gasteiger partial charge on any atom is -0.392 e. The minimum atomic E-state index is -0.169. The molecule has 0 radical (unpaired) electrons. The molecule has 18 heavy (non-hydrogen) atoms. The van der Waals surface area contributed by atoms with Gasteiger partial charge in [-0.1, -0.05) is 25.7 Å². The van der Waals surface area contributed by atoms with Crippen molar-refractivity contribution in [2.75, 3.05) is 46.9 Å². The van der Waals surface area contributed by atoms with Gasteiger partial charge in [0.2, 0.25) is 0 Å². The normalized spacial score (nSPS) is 18.7. The molecule has 0 saturated heterocycles. The third kappa shape index (κ3) is 7.31. The average Bonchev–Trinajstić information content (AvgIpc) is 2.85. The monoisotopic (exact) mass is 258 g/mol. The van der Waals surface area contributed by atoms with E-state index in [4.69, 9.17) is 4.74 Å². The van der Waals surface area contributed by atoms with Crippen molar-refractivity contribution in [3.8, 4) is 0 Å². The number of rotatable bonds is 10. The summed E-state index contributed by atoms with van der Waals surface area (Å²) in [6, 6.07) is 0. The molecule has 1 rings (SSSR count). The van der Waals surface area contributed by atoms with Crippen LogP contribution in [0.1, 0.15) is 32.1 Å². The molecule has 0 aromatic carbocycles. The zero-order valence-corrected chi connectivity index (χ0v) is 12.0. The molecule has 0 aromatic heterocycles. The predicted molar refractivity (Wildman–Crippen MR) is 74.8 cm³/mol. The topological polar surface area (TPSA) is 44.7 Å². The number of ether oxygens (including phenoxy) is 1. The Morgan fingerprint density at radius 1 is 1.33 bits per heavy atom. The van der Waals surface area contributed by atoms with Gasteiger partial charge in [0.1, 0.15) is 0 Å². The summed E-state index contributed by atoms with van der Waals surface area (Å²) >= 11 is 0. The Hall–Kier alpha value is -0.160.